The van der Waals surface area contributed by atoms with Crippen molar-refractivity contribution in [1.82, 2.24) is 10.2 Å². The number of piperidine rings is 3. The Morgan fingerprint density at radius 1 is 1.22 bits per heavy atom. The van der Waals surface area contributed by atoms with Crippen molar-refractivity contribution in [2.24, 2.45) is 5.92 Å². The lowest BCUT2D eigenvalue weighted by molar-refractivity contribution is 0.0622. The number of amides is 1. The van der Waals surface area contributed by atoms with Gasteiger partial charge in [-0.15, -0.1) is 11.3 Å². The summed E-state index contributed by atoms with van der Waals surface area (Å²) in [5.74, 6) is 0.707. The van der Waals surface area contributed by atoms with E-state index < -0.39 is 0 Å². The van der Waals surface area contributed by atoms with E-state index in [2.05, 4.69) is 10.2 Å². The quantitative estimate of drug-likeness (QED) is 0.914. The fourth-order valence-electron chi connectivity index (χ4n) is 3.62. The standard InChI is InChI=1S/C18H19ClN2OS/c19-14-3-1-2-13(10-14)16-4-5-17(23-16)18(22)20-15-11-21-8-6-12(15)7-9-21/h1-5,10,12,15H,6-9,11H2,(H,20,22)/t15-/m0/s1. The van der Waals surface area contributed by atoms with Gasteiger partial charge in [0, 0.05) is 22.5 Å². The monoisotopic (exact) mass is 346 g/mol. The van der Waals surface area contributed by atoms with E-state index in [0.29, 0.717) is 17.0 Å². The van der Waals surface area contributed by atoms with E-state index in [1.807, 2.05) is 36.4 Å². The molecule has 2 bridgehead atoms. The molecule has 0 spiro atoms. The Morgan fingerprint density at radius 2 is 2.04 bits per heavy atom. The number of rotatable bonds is 3. The molecule has 120 valence electrons. The van der Waals surface area contributed by atoms with Crippen LogP contribution in [0.25, 0.3) is 10.4 Å². The van der Waals surface area contributed by atoms with E-state index in [9.17, 15) is 4.79 Å². The van der Waals surface area contributed by atoms with Gasteiger partial charge in [0.2, 0.25) is 0 Å². The number of nitrogens with zero attached hydrogens (tertiary/aromatic N) is 1. The van der Waals surface area contributed by atoms with Crippen molar-refractivity contribution >= 4 is 28.8 Å². The molecule has 3 saturated heterocycles. The van der Waals surface area contributed by atoms with Crippen LogP contribution in [0.1, 0.15) is 22.5 Å². The summed E-state index contributed by atoms with van der Waals surface area (Å²) < 4.78 is 0. The number of hydrogen-bond acceptors (Lipinski definition) is 3. The van der Waals surface area contributed by atoms with Gasteiger partial charge in [-0.05, 0) is 61.7 Å². The summed E-state index contributed by atoms with van der Waals surface area (Å²) >= 11 is 7.58. The van der Waals surface area contributed by atoms with Crippen LogP contribution in [0.2, 0.25) is 5.02 Å². The second kappa shape index (κ2) is 6.27. The lowest BCUT2D eigenvalue weighted by atomic mass is 9.84. The second-order valence-corrected chi connectivity index (χ2v) is 7.91. The normalized spacial score (nSPS) is 26.2. The van der Waals surface area contributed by atoms with E-state index in [1.165, 1.54) is 37.3 Å². The Balaban J connectivity index is 1.47. The topological polar surface area (TPSA) is 32.3 Å². The van der Waals surface area contributed by atoms with Gasteiger partial charge in [0.1, 0.15) is 0 Å². The third-order valence-corrected chi connectivity index (χ3v) is 6.28. The molecular weight excluding hydrogens is 328 g/mol. The Kier molecular flexibility index (Phi) is 4.14. The number of thiophene rings is 1. The molecule has 3 fully saturated rings. The maximum Gasteiger partial charge on any atom is 0.261 e. The van der Waals surface area contributed by atoms with E-state index in [1.54, 1.807) is 0 Å². The molecule has 1 aromatic heterocycles. The number of carbonyl (C=O) groups excluding carboxylic acids is 1. The molecule has 0 radical (unpaired) electrons. The summed E-state index contributed by atoms with van der Waals surface area (Å²) in [5.41, 5.74) is 1.06. The third-order valence-electron chi connectivity index (χ3n) is 4.91. The Bertz CT molecular complexity index is 721. The van der Waals surface area contributed by atoms with Crippen molar-refractivity contribution in [1.29, 1.82) is 0 Å². The average molecular weight is 347 g/mol. The molecule has 5 rings (SSSR count). The van der Waals surface area contributed by atoms with Crippen LogP contribution >= 0.6 is 22.9 Å². The number of carbonyl (C=O) groups is 1. The minimum Gasteiger partial charge on any atom is -0.347 e. The molecule has 3 aliphatic heterocycles. The molecule has 1 amide bonds. The number of benzene rings is 1. The Morgan fingerprint density at radius 3 is 2.74 bits per heavy atom. The molecule has 0 unspecified atom stereocenters. The van der Waals surface area contributed by atoms with Gasteiger partial charge in [-0.2, -0.15) is 0 Å². The van der Waals surface area contributed by atoms with Crippen LogP contribution in [0.3, 0.4) is 0 Å². The van der Waals surface area contributed by atoms with Gasteiger partial charge in [-0.1, -0.05) is 23.7 Å². The van der Waals surface area contributed by atoms with Crippen molar-refractivity contribution < 1.29 is 4.79 Å². The van der Waals surface area contributed by atoms with Gasteiger partial charge in [0.15, 0.2) is 0 Å². The van der Waals surface area contributed by atoms with Gasteiger partial charge >= 0.3 is 0 Å². The molecule has 3 aliphatic rings. The highest BCUT2D eigenvalue weighted by Crippen LogP contribution is 2.31. The van der Waals surface area contributed by atoms with Crippen molar-refractivity contribution in [3.63, 3.8) is 0 Å². The maximum absolute atomic E-state index is 12.6. The fourth-order valence-corrected chi connectivity index (χ4v) is 4.72. The lowest BCUT2D eigenvalue weighted by Crippen LogP contribution is -2.57. The van der Waals surface area contributed by atoms with E-state index in [0.717, 1.165) is 21.9 Å². The molecule has 1 aromatic carbocycles. The summed E-state index contributed by atoms with van der Waals surface area (Å²) in [4.78, 5) is 16.9. The predicted molar refractivity (Wildman–Crippen MR) is 95.2 cm³/mol. The highest BCUT2D eigenvalue weighted by molar-refractivity contribution is 7.17. The highest BCUT2D eigenvalue weighted by atomic mass is 35.5. The van der Waals surface area contributed by atoms with Crippen LogP contribution in [-0.4, -0.2) is 36.5 Å². The van der Waals surface area contributed by atoms with E-state index >= 15 is 0 Å². The molecule has 3 nitrogen and oxygen atoms in total. The minimum absolute atomic E-state index is 0.0574. The van der Waals surface area contributed by atoms with Crippen molar-refractivity contribution in [3.8, 4) is 10.4 Å². The number of nitrogens with one attached hydrogen (secondary N) is 1. The zero-order chi connectivity index (χ0) is 15.8. The number of fused-ring (bicyclic) bond motifs is 3. The molecule has 1 atom stereocenters. The van der Waals surface area contributed by atoms with Crippen molar-refractivity contribution in [2.45, 2.75) is 18.9 Å². The van der Waals surface area contributed by atoms with Crippen molar-refractivity contribution in [2.75, 3.05) is 19.6 Å². The van der Waals surface area contributed by atoms with Crippen LogP contribution < -0.4 is 5.32 Å². The fraction of sp³-hybridized carbons (Fsp3) is 0.389. The summed E-state index contributed by atoms with van der Waals surface area (Å²) in [6.45, 7) is 3.38. The van der Waals surface area contributed by atoms with Gasteiger partial charge < -0.3 is 10.2 Å². The minimum atomic E-state index is 0.0574. The van der Waals surface area contributed by atoms with E-state index in [-0.39, 0.29) is 5.91 Å². The van der Waals surface area contributed by atoms with E-state index in [4.69, 9.17) is 11.6 Å². The molecule has 23 heavy (non-hydrogen) atoms. The van der Waals surface area contributed by atoms with Gasteiger partial charge in [-0.3, -0.25) is 4.79 Å². The molecule has 0 saturated carbocycles. The maximum atomic E-state index is 12.6. The van der Waals surface area contributed by atoms with Crippen LogP contribution in [-0.2, 0) is 0 Å². The second-order valence-electron chi connectivity index (χ2n) is 6.39. The Labute approximate surface area is 145 Å². The lowest BCUT2D eigenvalue weighted by Gasteiger charge is -2.44. The Hall–Kier alpha value is -1.36. The molecule has 5 heteroatoms. The van der Waals surface area contributed by atoms with Crippen LogP contribution in [0.15, 0.2) is 36.4 Å². The first-order chi connectivity index (χ1) is 11.2. The molecule has 4 heterocycles. The summed E-state index contributed by atoms with van der Waals surface area (Å²) in [6, 6.07) is 12.0. The van der Waals surface area contributed by atoms with Crippen LogP contribution in [0.4, 0.5) is 0 Å². The summed E-state index contributed by atoms with van der Waals surface area (Å²) in [5, 5.41) is 3.96. The number of hydrogen-bond donors (Lipinski definition) is 1. The summed E-state index contributed by atoms with van der Waals surface area (Å²) in [6.07, 6.45) is 2.42. The first-order valence-corrected chi connectivity index (χ1v) is 9.27. The predicted octanol–water partition coefficient (Wildman–Crippen LogP) is 3.89. The molecular formula is C18H19ClN2OS. The van der Waals surface area contributed by atoms with Gasteiger partial charge in [0.05, 0.1) is 4.88 Å². The van der Waals surface area contributed by atoms with Crippen LogP contribution in [0.5, 0.6) is 0 Å². The summed E-state index contributed by atoms with van der Waals surface area (Å²) in [7, 11) is 0. The van der Waals surface area contributed by atoms with Crippen LogP contribution in [0, 0.1) is 5.92 Å². The average Bonchev–Trinajstić information content (AvgIpc) is 3.06. The molecule has 1 N–H and O–H groups in total. The van der Waals surface area contributed by atoms with Crippen molar-refractivity contribution in [3.05, 3.63) is 46.3 Å². The highest BCUT2D eigenvalue weighted by Gasteiger charge is 2.35. The molecule has 2 aromatic rings. The zero-order valence-corrected chi connectivity index (χ0v) is 14.4. The first kappa shape index (κ1) is 15.2. The van der Waals surface area contributed by atoms with Gasteiger partial charge in [-0.25, -0.2) is 0 Å². The smallest absolute Gasteiger partial charge is 0.261 e. The SMILES string of the molecule is O=C(N[C@H]1CN2CCC1CC2)c1ccc(-c2cccc(Cl)c2)s1. The zero-order valence-electron chi connectivity index (χ0n) is 12.8. The third kappa shape index (κ3) is 3.16. The first-order valence-electron chi connectivity index (χ1n) is 8.08. The largest absolute Gasteiger partial charge is 0.347 e. The number of halogens is 1. The molecule has 0 aliphatic carbocycles. The van der Waals surface area contributed by atoms with Gasteiger partial charge in [0.25, 0.3) is 5.91 Å².